The summed E-state index contributed by atoms with van der Waals surface area (Å²) in [4.78, 5) is 51.1. The number of ether oxygens (including phenoxy) is 3. The summed E-state index contributed by atoms with van der Waals surface area (Å²) < 4.78 is 17.3. The van der Waals surface area contributed by atoms with Gasteiger partial charge in [0.1, 0.15) is 30.0 Å². The smallest absolute Gasteiger partial charge is 0.408 e. The molecule has 1 saturated carbocycles. The lowest BCUT2D eigenvalue weighted by Crippen LogP contribution is -2.57. The van der Waals surface area contributed by atoms with E-state index in [2.05, 4.69) is 40.6 Å². The van der Waals surface area contributed by atoms with Crippen molar-refractivity contribution in [1.82, 2.24) is 20.2 Å². The lowest BCUT2D eigenvalue weighted by Gasteiger charge is -2.35. The van der Waals surface area contributed by atoms with E-state index in [9.17, 15) is 14.4 Å². The zero-order valence-corrected chi connectivity index (χ0v) is 27.7. The molecule has 11 heteroatoms. The number of hydrogen-bond donors (Lipinski definition) is 1. The summed E-state index contributed by atoms with van der Waals surface area (Å²) in [6.45, 7) is 13.3. The van der Waals surface area contributed by atoms with E-state index in [1.54, 1.807) is 18.2 Å². The Kier molecular flexibility index (Phi) is 10.1. The lowest BCUT2D eigenvalue weighted by molar-refractivity contribution is -0.152. The molecule has 1 N–H and O–H groups in total. The molecule has 2 heterocycles. The van der Waals surface area contributed by atoms with Crippen LogP contribution in [0.4, 0.5) is 4.79 Å². The maximum Gasteiger partial charge on any atom is 0.408 e. The zero-order valence-electron chi connectivity index (χ0n) is 26.9. The van der Waals surface area contributed by atoms with Crippen LogP contribution in [0.3, 0.4) is 0 Å². The van der Waals surface area contributed by atoms with Crippen LogP contribution in [-0.4, -0.2) is 70.8 Å². The van der Waals surface area contributed by atoms with Gasteiger partial charge in [0.05, 0.1) is 24.7 Å². The van der Waals surface area contributed by atoms with Crippen molar-refractivity contribution in [3.05, 3.63) is 60.3 Å². The van der Waals surface area contributed by atoms with Crippen LogP contribution in [-0.2, 0) is 19.1 Å². The van der Waals surface area contributed by atoms with E-state index in [0.717, 1.165) is 25.7 Å². The molecular formula is C35H43ClN4O6. The van der Waals surface area contributed by atoms with Crippen LogP contribution >= 0.6 is 11.6 Å². The number of methoxy groups -OCH3 is 1. The highest BCUT2D eigenvalue weighted by molar-refractivity contribution is 6.31. The fourth-order valence-electron chi connectivity index (χ4n) is 6.79. The second-order valence-electron chi connectivity index (χ2n) is 13.4. The number of carbonyl (C=O) groups is 3. The number of allylic oxidation sites excluding steroid dienone is 3. The molecule has 10 nitrogen and oxygen atoms in total. The fourth-order valence-corrected chi connectivity index (χ4v) is 6.95. The molecule has 0 radical (unpaired) electrons. The molecule has 0 unspecified atom stereocenters. The number of carbonyl (C=O) groups excluding carboxylic acids is 3. The number of benzene rings is 1. The summed E-state index contributed by atoms with van der Waals surface area (Å²) in [6, 6.07) is 3.26. The molecule has 0 spiro atoms. The highest BCUT2D eigenvalue weighted by atomic mass is 35.5. The number of esters is 1. The van der Waals surface area contributed by atoms with Crippen molar-refractivity contribution in [2.24, 2.45) is 23.2 Å². The Morgan fingerprint density at radius 1 is 1.15 bits per heavy atom. The Hall–Kier alpha value is -3.92. The standard InChI is InChI=1S/C35H43ClN4O6/c1-7-9-10-11-24-23-14-12-20(23)16-29(24)46-34(43)39-30(35(3,4)5)32(41)40-19-22(18-28(40)33(42)44-6)45-31-25(8-2)37-26-15-13-21(36)17-27(26)38-31/h7-8,12-15,17,20,22-24,28-30H,1-2,9-11,16,18-19H2,3-6H3,(H,39,43)/t20-,22+,23-,24+,28-,29+,30+/m0/s1. The third-order valence-electron chi connectivity index (χ3n) is 9.24. The summed E-state index contributed by atoms with van der Waals surface area (Å²) in [5.41, 5.74) is 0.879. The molecular weight excluding hydrogens is 608 g/mol. The van der Waals surface area contributed by atoms with Gasteiger partial charge in [-0.1, -0.05) is 57.2 Å². The normalized spacial score (nSPS) is 25.7. The molecule has 2 aromatic rings. The molecule has 3 aliphatic rings. The van der Waals surface area contributed by atoms with Gasteiger partial charge in [-0.25, -0.2) is 19.6 Å². The van der Waals surface area contributed by atoms with Crippen molar-refractivity contribution < 1.29 is 28.6 Å². The van der Waals surface area contributed by atoms with Crippen LogP contribution in [0, 0.1) is 23.2 Å². The predicted molar refractivity (Wildman–Crippen MR) is 176 cm³/mol. The Labute approximate surface area is 275 Å². The molecule has 0 bridgehead atoms. The molecule has 1 aliphatic heterocycles. The summed E-state index contributed by atoms with van der Waals surface area (Å²) >= 11 is 6.17. The Bertz CT molecular complexity index is 1540. The van der Waals surface area contributed by atoms with Crippen molar-refractivity contribution >= 4 is 46.7 Å². The van der Waals surface area contributed by atoms with Crippen LogP contribution < -0.4 is 10.1 Å². The number of alkyl carbamates (subject to hydrolysis) is 1. The maximum absolute atomic E-state index is 14.2. The molecule has 5 rings (SSSR count). The summed E-state index contributed by atoms with van der Waals surface area (Å²) in [5, 5.41) is 3.36. The highest BCUT2D eigenvalue weighted by Crippen LogP contribution is 2.48. The number of nitrogens with zero attached hydrogens (tertiary/aromatic N) is 3. The van der Waals surface area contributed by atoms with Crippen LogP contribution in [0.25, 0.3) is 17.1 Å². The zero-order chi connectivity index (χ0) is 33.2. The second-order valence-corrected chi connectivity index (χ2v) is 13.8. The molecule has 1 saturated heterocycles. The first kappa shape index (κ1) is 33.4. The van der Waals surface area contributed by atoms with Crippen LogP contribution in [0.15, 0.2) is 49.6 Å². The number of amides is 2. The molecule has 7 atom stereocenters. The van der Waals surface area contributed by atoms with Gasteiger partial charge in [-0.2, -0.15) is 0 Å². The van der Waals surface area contributed by atoms with E-state index in [-0.39, 0.29) is 30.9 Å². The third kappa shape index (κ3) is 7.07. The number of unbranched alkanes of at least 4 members (excludes halogenated alkanes) is 1. The molecule has 1 aromatic carbocycles. The number of hydrogen-bond acceptors (Lipinski definition) is 8. The number of rotatable bonds is 11. The summed E-state index contributed by atoms with van der Waals surface area (Å²) in [6.07, 6.45) is 10.1. The average Bonchev–Trinajstić information content (AvgIpc) is 3.52. The van der Waals surface area contributed by atoms with Gasteiger partial charge >= 0.3 is 12.1 Å². The van der Waals surface area contributed by atoms with E-state index in [0.29, 0.717) is 33.6 Å². The van der Waals surface area contributed by atoms with E-state index in [1.807, 2.05) is 26.8 Å². The summed E-state index contributed by atoms with van der Waals surface area (Å²) in [5.74, 6) is 0.271. The van der Waals surface area contributed by atoms with Gasteiger partial charge in [-0.15, -0.1) is 6.58 Å². The first-order valence-electron chi connectivity index (χ1n) is 15.8. The van der Waals surface area contributed by atoms with Gasteiger partial charge in [0.25, 0.3) is 0 Å². The van der Waals surface area contributed by atoms with Gasteiger partial charge in [0, 0.05) is 17.4 Å². The quantitative estimate of drug-likeness (QED) is 0.175. The number of aromatic nitrogens is 2. The number of halogens is 1. The number of likely N-dealkylation sites (tertiary alicyclic amines) is 1. The van der Waals surface area contributed by atoms with Crippen LogP contribution in [0.2, 0.25) is 5.02 Å². The molecule has 2 fully saturated rings. The first-order valence-corrected chi connectivity index (χ1v) is 16.2. The first-order chi connectivity index (χ1) is 21.9. The Morgan fingerprint density at radius 2 is 1.93 bits per heavy atom. The molecule has 1 aromatic heterocycles. The SMILES string of the molecule is C=CCCC[C@@H]1[C@H]2C=C[C@H]2C[C@H]1OC(=O)N[C@H](C(=O)N1C[C@H](Oc2nc3cc(Cl)ccc3nc2C=C)C[C@H]1C(=O)OC)C(C)(C)C. The minimum absolute atomic E-state index is 0.0663. The Morgan fingerprint density at radius 3 is 2.59 bits per heavy atom. The van der Waals surface area contributed by atoms with Gasteiger partial charge < -0.3 is 24.4 Å². The topological polar surface area (TPSA) is 120 Å². The van der Waals surface area contributed by atoms with Crippen LogP contribution in [0.1, 0.15) is 58.6 Å². The maximum atomic E-state index is 14.2. The largest absolute Gasteiger partial charge is 0.471 e. The molecule has 2 amide bonds. The number of fused-ring (bicyclic) bond motifs is 2. The molecule has 2 aliphatic carbocycles. The predicted octanol–water partition coefficient (Wildman–Crippen LogP) is 6.14. The Balaban J connectivity index is 1.32. The molecule has 46 heavy (non-hydrogen) atoms. The number of nitrogens with one attached hydrogen (secondary N) is 1. The van der Waals surface area contributed by atoms with E-state index >= 15 is 0 Å². The van der Waals surface area contributed by atoms with Gasteiger partial charge in [-0.3, -0.25) is 4.79 Å². The van der Waals surface area contributed by atoms with Crippen molar-refractivity contribution in [1.29, 1.82) is 0 Å². The van der Waals surface area contributed by atoms with E-state index in [4.69, 9.17) is 25.8 Å². The minimum Gasteiger partial charge on any atom is -0.471 e. The van der Waals surface area contributed by atoms with Crippen molar-refractivity contribution in [3.8, 4) is 5.88 Å². The lowest BCUT2D eigenvalue weighted by atomic mass is 9.79. The van der Waals surface area contributed by atoms with Gasteiger partial charge in [0.2, 0.25) is 11.8 Å². The second kappa shape index (κ2) is 13.8. The minimum atomic E-state index is -0.979. The van der Waals surface area contributed by atoms with Crippen LogP contribution in [0.5, 0.6) is 5.88 Å². The van der Waals surface area contributed by atoms with Gasteiger partial charge in [0.15, 0.2) is 0 Å². The summed E-state index contributed by atoms with van der Waals surface area (Å²) in [7, 11) is 1.28. The van der Waals surface area contributed by atoms with Gasteiger partial charge in [-0.05, 0) is 67.2 Å². The van der Waals surface area contributed by atoms with E-state index < -0.39 is 41.6 Å². The molecule has 246 valence electrons. The van der Waals surface area contributed by atoms with Crippen molar-refractivity contribution in [2.75, 3.05) is 13.7 Å². The van der Waals surface area contributed by atoms with Crippen molar-refractivity contribution in [3.63, 3.8) is 0 Å². The van der Waals surface area contributed by atoms with E-state index in [1.165, 1.54) is 18.1 Å². The van der Waals surface area contributed by atoms with Crippen molar-refractivity contribution in [2.45, 2.75) is 77.2 Å². The average molecular weight is 651 g/mol. The highest BCUT2D eigenvalue weighted by Gasteiger charge is 2.48. The third-order valence-corrected chi connectivity index (χ3v) is 9.48. The monoisotopic (exact) mass is 650 g/mol. The fraction of sp³-hybridized carbons (Fsp3) is 0.514.